The van der Waals surface area contributed by atoms with Crippen molar-refractivity contribution in [3.05, 3.63) is 29.3 Å². The largest absolute Gasteiger partial charge is 0.372 e. The highest BCUT2D eigenvalue weighted by Gasteiger charge is 2.25. The zero-order valence-corrected chi connectivity index (χ0v) is 9.38. The van der Waals surface area contributed by atoms with Crippen molar-refractivity contribution in [2.24, 2.45) is 0 Å². The molecule has 82 valence electrons. The maximum absolute atomic E-state index is 11.7. The molecule has 1 heterocycles. The fourth-order valence-corrected chi connectivity index (χ4v) is 2.28. The maximum atomic E-state index is 11.7. The van der Waals surface area contributed by atoms with Crippen molar-refractivity contribution < 1.29 is 13.2 Å². The Balaban J connectivity index is 2.09. The summed E-state index contributed by atoms with van der Waals surface area (Å²) < 4.78 is 30.7. The Kier molecular flexibility index (Phi) is 2.97. The Bertz CT molecular complexity index is 439. The SMILES string of the molecule is O=S(=O)(NC[C@H]1CO1)c1ccc(Cl)cc1. The molecule has 0 spiro atoms. The molecule has 15 heavy (non-hydrogen) atoms. The van der Waals surface area contributed by atoms with Crippen molar-refractivity contribution in [1.29, 1.82) is 0 Å². The summed E-state index contributed by atoms with van der Waals surface area (Å²) in [5.74, 6) is 0. The van der Waals surface area contributed by atoms with Crippen molar-refractivity contribution in [1.82, 2.24) is 4.72 Å². The molecule has 0 amide bonds. The summed E-state index contributed by atoms with van der Waals surface area (Å²) in [6.45, 7) is 0.952. The molecular weight excluding hydrogens is 238 g/mol. The van der Waals surface area contributed by atoms with E-state index < -0.39 is 10.0 Å². The van der Waals surface area contributed by atoms with Crippen LogP contribution < -0.4 is 4.72 Å². The number of ether oxygens (including phenoxy) is 1. The Hall–Kier alpha value is -0.620. The molecule has 1 N–H and O–H groups in total. The van der Waals surface area contributed by atoms with Crippen molar-refractivity contribution in [2.75, 3.05) is 13.2 Å². The van der Waals surface area contributed by atoms with Gasteiger partial charge in [-0.25, -0.2) is 13.1 Å². The standard InChI is InChI=1S/C9H10ClNO3S/c10-7-1-3-9(4-2-7)15(12,13)11-5-8-6-14-8/h1-4,8,11H,5-6H2/t8-/m0/s1. The lowest BCUT2D eigenvalue weighted by Crippen LogP contribution is -2.27. The van der Waals surface area contributed by atoms with Gasteiger partial charge in [0.15, 0.2) is 0 Å². The van der Waals surface area contributed by atoms with E-state index in [0.717, 1.165) is 0 Å². The number of hydrogen-bond donors (Lipinski definition) is 1. The van der Waals surface area contributed by atoms with Gasteiger partial charge in [0.25, 0.3) is 0 Å². The average molecular weight is 248 g/mol. The second-order valence-electron chi connectivity index (χ2n) is 3.26. The molecule has 4 nitrogen and oxygen atoms in total. The summed E-state index contributed by atoms with van der Waals surface area (Å²) in [5, 5.41) is 0.513. The molecule has 1 aliphatic rings. The van der Waals surface area contributed by atoms with E-state index in [1.165, 1.54) is 12.1 Å². The Labute approximate surface area is 93.2 Å². The summed E-state index contributed by atoms with van der Waals surface area (Å²) in [7, 11) is -3.42. The highest BCUT2D eigenvalue weighted by Crippen LogP contribution is 2.14. The third-order valence-electron chi connectivity index (χ3n) is 2.03. The fraction of sp³-hybridized carbons (Fsp3) is 0.333. The topological polar surface area (TPSA) is 58.7 Å². The predicted octanol–water partition coefficient (Wildman–Crippen LogP) is 1.02. The summed E-state index contributed by atoms with van der Waals surface area (Å²) in [5.41, 5.74) is 0. The lowest BCUT2D eigenvalue weighted by molar-refractivity contribution is 0.406. The van der Waals surface area contributed by atoms with E-state index in [0.29, 0.717) is 18.2 Å². The van der Waals surface area contributed by atoms with Crippen LogP contribution in [0.15, 0.2) is 29.2 Å². The first-order valence-electron chi connectivity index (χ1n) is 4.45. The van der Waals surface area contributed by atoms with E-state index in [9.17, 15) is 8.42 Å². The van der Waals surface area contributed by atoms with Crippen LogP contribution in [0.4, 0.5) is 0 Å². The first-order valence-corrected chi connectivity index (χ1v) is 6.31. The monoisotopic (exact) mass is 247 g/mol. The Morgan fingerprint density at radius 2 is 2.00 bits per heavy atom. The molecule has 0 saturated carbocycles. The van der Waals surface area contributed by atoms with Gasteiger partial charge in [-0.3, -0.25) is 0 Å². The first kappa shape index (κ1) is 10.9. The molecule has 2 rings (SSSR count). The molecule has 6 heteroatoms. The third kappa shape index (κ3) is 2.92. The average Bonchev–Trinajstić information content (AvgIpc) is 2.99. The Morgan fingerprint density at radius 3 is 2.53 bits per heavy atom. The first-order chi connectivity index (χ1) is 7.08. The van der Waals surface area contributed by atoms with Gasteiger partial charge >= 0.3 is 0 Å². The molecule has 0 unspecified atom stereocenters. The minimum atomic E-state index is -3.42. The van der Waals surface area contributed by atoms with E-state index in [4.69, 9.17) is 16.3 Å². The van der Waals surface area contributed by atoms with Crippen LogP contribution in [0.2, 0.25) is 5.02 Å². The van der Waals surface area contributed by atoms with Crippen LogP contribution in [0.25, 0.3) is 0 Å². The second-order valence-corrected chi connectivity index (χ2v) is 5.46. The van der Waals surface area contributed by atoms with Crippen molar-refractivity contribution in [3.63, 3.8) is 0 Å². The van der Waals surface area contributed by atoms with Gasteiger partial charge in [-0.2, -0.15) is 0 Å². The molecule has 0 radical (unpaired) electrons. The van der Waals surface area contributed by atoms with E-state index >= 15 is 0 Å². The molecule has 1 fully saturated rings. The maximum Gasteiger partial charge on any atom is 0.240 e. The normalized spacial score (nSPS) is 20.2. The van der Waals surface area contributed by atoms with E-state index in [-0.39, 0.29) is 11.0 Å². The summed E-state index contributed by atoms with van der Waals surface area (Å²) in [6.07, 6.45) is 0.0343. The van der Waals surface area contributed by atoms with Crippen LogP contribution in [0, 0.1) is 0 Å². The van der Waals surface area contributed by atoms with E-state index in [1.807, 2.05) is 0 Å². The summed E-state index contributed by atoms with van der Waals surface area (Å²) in [4.78, 5) is 0.215. The van der Waals surface area contributed by atoms with Crippen LogP contribution in [0.1, 0.15) is 0 Å². The number of nitrogens with one attached hydrogen (secondary N) is 1. The van der Waals surface area contributed by atoms with Crippen LogP contribution in [0.5, 0.6) is 0 Å². The lowest BCUT2D eigenvalue weighted by atomic mass is 10.4. The number of halogens is 1. The molecule has 1 aromatic rings. The van der Waals surface area contributed by atoms with Crippen LogP contribution in [-0.2, 0) is 14.8 Å². The zero-order chi connectivity index (χ0) is 10.9. The smallest absolute Gasteiger partial charge is 0.240 e. The molecule has 0 aromatic heterocycles. The number of epoxide rings is 1. The van der Waals surface area contributed by atoms with Crippen LogP contribution in [0.3, 0.4) is 0 Å². The van der Waals surface area contributed by atoms with Crippen LogP contribution >= 0.6 is 11.6 Å². The predicted molar refractivity (Wildman–Crippen MR) is 56.4 cm³/mol. The van der Waals surface area contributed by atoms with Crippen molar-refractivity contribution in [2.45, 2.75) is 11.0 Å². The number of rotatable bonds is 4. The van der Waals surface area contributed by atoms with Gasteiger partial charge in [0, 0.05) is 11.6 Å². The fourth-order valence-electron chi connectivity index (χ4n) is 1.09. The van der Waals surface area contributed by atoms with Gasteiger partial charge in [-0.05, 0) is 24.3 Å². The molecule has 1 aromatic carbocycles. The lowest BCUT2D eigenvalue weighted by Gasteiger charge is -2.04. The second kappa shape index (κ2) is 4.09. The molecule has 1 atom stereocenters. The van der Waals surface area contributed by atoms with Gasteiger partial charge in [0.05, 0.1) is 17.6 Å². The van der Waals surface area contributed by atoms with Crippen molar-refractivity contribution in [3.8, 4) is 0 Å². The minimum absolute atomic E-state index is 0.0343. The van der Waals surface area contributed by atoms with E-state index in [1.54, 1.807) is 12.1 Å². The van der Waals surface area contributed by atoms with Crippen LogP contribution in [-0.4, -0.2) is 27.7 Å². The molecule has 1 aliphatic heterocycles. The Morgan fingerprint density at radius 1 is 1.40 bits per heavy atom. The summed E-state index contributed by atoms with van der Waals surface area (Å²) in [6, 6.07) is 6.03. The quantitative estimate of drug-likeness (QED) is 0.808. The third-order valence-corrected chi connectivity index (χ3v) is 3.72. The number of hydrogen-bond acceptors (Lipinski definition) is 3. The molecule has 1 saturated heterocycles. The number of benzene rings is 1. The van der Waals surface area contributed by atoms with Crippen molar-refractivity contribution >= 4 is 21.6 Å². The number of sulfonamides is 1. The molecular formula is C9H10ClNO3S. The highest BCUT2D eigenvalue weighted by molar-refractivity contribution is 7.89. The van der Waals surface area contributed by atoms with Gasteiger partial charge in [0.1, 0.15) is 0 Å². The van der Waals surface area contributed by atoms with Gasteiger partial charge < -0.3 is 4.74 Å². The zero-order valence-electron chi connectivity index (χ0n) is 7.81. The van der Waals surface area contributed by atoms with Gasteiger partial charge in [-0.1, -0.05) is 11.6 Å². The molecule has 0 bridgehead atoms. The molecule has 0 aliphatic carbocycles. The van der Waals surface area contributed by atoms with Gasteiger partial charge in [0.2, 0.25) is 10.0 Å². The highest BCUT2D eigenvalue weighted by atomic mass is 35.5. The van der Waals surface area contributed by atoms with Gasteiger partial charge in [-0.15, -0.1) is 0 Å². The summed E-state index contributed by atoms with van der Waals surface area (Å²) >= 11 is 5.66. The minimum Gasteiger partial charge on any atom is -0.372 e. The van der Waals surface area contributed by atoms with E-state index in [2.05, 4.69) is 4.72 Å².